The molecule has 1 saturated carbocycles. The SMILES string of the molecule is Cc1[nH]c(=S)sc1CC(=O)N1CCC[C@H]2CCCC[C@H]21. The highest BCUT2D eigenvalue weighted by atomic mass is 32.1. The molecule has 2 atom stereocenters. The standard InChI is InChI=1S/C15H22N2OS2/c1-10-13(20-15(19)16-10)9-14(18)17-8-4-6-11-5-2-3-7-12(11)17/h11-12H,2-9H2,1H3,(H,16,19)/t11-,12-/m1/s1. The molecule has 2 fully saturated rings. The molecular weight excluding hydrogens is 288 g/mol. The molecule has 0 spiro atoms. The van der Waals surface area contributed by atoms with Gasteiger partial charge in [0.25, 0.3) is 0 Å². The molecule has 0 aromatic carbocycles. The molecule has 1 saturated heterocycles. The molecule has 1 aromatic rings. The summed E-state index contributed by atoms with van der Waals surface area (Å²) in [5, 5.41) is 0. The summed E-state index contributed by atoms with van der Waals surface area (Å²) in [5.41, 5.74) is 1.06. The number of hydrogen-bond acceptors (Lipinski definition) is 3. The van der Waals surface area contributed by atoms with Crippen LogP contribution in [0.25, 0.3) is 0 Å². The minimum absolute atomic E-state index is 0.301. The second-order valence-corrected chi connectivity index (χ2v) is 7.85. The number of piperidine rings is 1. The maximum Gasteiger partial charge on any atom is 0.228 e. The fourth-order valence-corrected chi connectivity index (χ4v) is 5.06. The molecule has 1 amide bonds. The minimum atomic E-state index is 0.301. The zero-order chi connectivity index (χ0) is 14.1. The van der Waals surface area contributed by atoms with Gasteiger partial charge in [-0.1, -0.05) is 12.8 Å². The van der Waals surface area contributed by atoms with Crippen molar-refractivity contribution in [2.45, 2.75) is 57.9 Å². The monoisotopic (exact) mass is 310 g/mol. The normalized spacial score (nSPS) is 26.4. The number of aromatic nitrogens is 1. The van der Waals surface area contributed by atoms with E-state index in [0.717, 1.165) is 27.0 Å². The second kappa shape index (κ2) is 5.98. The Morgan fingerprint density at radius 3 is 2.85 bits per heavy atom. The summed E-state index contributed by atoms with van der Waals surface area (Å²) >= 11 is 6.71. The number of likely N-dealkylation sites (tertiary alicyclic amines) is 1. The molecule has 2 aliphatic rings. The number of rotatable bonds is 2. The molecule has 1 N–H and O–H groups in total. The van der Waals surface area contributed by atoms with Gasteiger partial charge in [-0.3, -0.25) is 4.79 Å². The fourth-order valence-electron chi connectivity index (χ4n) is 3.78. The van der Waals surface area contributed by atoms with Crippen molar-refractivity contribution < 1.29 is 4.79 Å². The zero-order valence-electron chi connectivity index (χ0n) is 12.0. The van der Waals surface area contributed by atoms with E-state index in [1.54, 1.807) is 11.3 Å². The highest BCUT2D eigenvalue weighted by Crippen LogP contribution is 2.35. The Balaban J connectivity index is 1.72. The van der Waals surface area contributed by atoms with Gasteiger partial charge in [0.15, 0.2) is 3.95 Å². The summed E-state index contributed by atoms with van der Waals surface area (Å²) in [6.45, 7) is 2.96. The highest BCUT2D eigenvalue weighted by molar-refractivity contribution is 7.73. The fraction of sp³-hybridized carbons (Fsp3) is 0.733. The lowest BCUT2D eigenvalue weighted by Gasteiger charge is -2.44. The first-order valence-corrected chi connectivity index (χ1v) is 8.85. The Morgan fingerprint density at radius 2 is 2.10 bits per heavy atom. The Hall–Kier alpha value is -0.680. The maximum atomic E-state index is 12.7. The van der Waals surface area contributed by atoms with Crippen molar-refractivity contribution in [2.75, 3.05) is 6.54 Å². The van der Waals surface area contributed by atoms with Gasteiger partial charge < -0.3 is 9.88 Å². The number of carbonyl (C=O) groups is 1. The van der Waals surface area contributed by atoms with Gasteiger partial charge in [-0.25, -0.2) is 0 Å². The van der Waals surface area contributed by atoms with Gasteiger partial charge in [0.05, 0.1) is 6.42 Å². The third-order valence-electron chi connectivity index (χ3n) is 4.80. The van der Waals surface area contributed by atoms with Crippen LogP contribution < -0.4 is 0 Å². The second-order valence-electron chi connectivity index (χ2n) is 6.08. The molecule has 1 aliphatic carbocycles. The van der Waals surface area contributed by atoms with E-state index in [2.05, 4.69) is 9.88 Å². The van der Waals surface area contributed by atoms with Crippen LogP contribution in [0.2, 0.25) is 0 Å². The zero-order valence-corrected chi connectivity index (χ0v) is 13.6. The molecule has 0 radical (unpaired) electrons. The van der Waals surface area contributed by atoms with E-state index < -0.39 is 0 Å². The van der Waals surface area contributed by atoms with Crippen LogP contribution in [0.4, 0.5) is 0 Å². The van der Waals surface area contributed by atoms with Gasteiger partial charge in [0.2, 0.25) is 5.91 Å². The lowest BCUT2D eigenvalue weighted by Crippen LogP contribution is -2.50. The number of H-pyrrole nitrogens is 1. The van der Waals surface area contributed by atoms with Crippen LogP contribution in [0.15, 0.2) is 0 Å². The molecule has 5 heteroatoms. The number of aromatic amines is 1. The van der Waals surface area contributed by atoms with Crippen molar-refractivity contribution in [1.82, 2.24) is 9.88 Å². The maximum absolute atomic E-state index is 12.7. The van der Waals surface area contributed by atoms with E-state index in [1.807, 2.05) is 6.92 Å². The molecular formula is C15H22N2OS2. The molecule has 20 heavy (non-hydrogen) atoms. The molecule has 3 nitrogen and oxygen atoms in total. The first-order valence-electron chi connectivity index (χ1n) is 7.63. The highest BCUT2D eigenvalue weighted by Gasteiger charge is 2.35. The average molecular weight is 310 g/mol. The summed E-state index contributed by atoms with van der Waals surface area (Å²) in [6.07, 6.45) is 8.17. The van der Waals surface area contributed by atoms with Gasteiger partial charge in [0, 0.05) is 23.2 Å². The Kier molecular flexibility index (Phi) is 4.26. The van der Waals surface area contributed by atoms with E-state index in [0.29, 0.717) is 18.4 Å². The lowest BCUT2D eigenvalue weighted by molar-refractivity contribution is -0.136. The van der Waals surface area contributed by atoms with Crippen molar-refractivity contribution in [2.24, 2.45) is 5.92 Å². The summed E-state index contributed by atoms with van der Waals surface area (Å²) in [6, 6.07) is 0.511. The number of thiazole rings is 1. The average Bonchev–Trinajstić information content (AvgIpc) is 2.76. The predicted molar refractivity (Wildman–Crippen MR) is 84.6 cm³/mol. The summed E-state index contributed by atoms with van der Waals surface area (Å²) < 4.78 is 0.777. The van der Waals surface area contributed by atoms with Crippen LogP contribution in [0.5, 0.6) is 0 Å². The van der Waals surface area contributed by atoms with Crippen molar-refractivity contribution in [3.63, 3.8) is 0 Å². The first-order chi connectivity index (χ1) is 9.65. The predicted octanol–water partition coefficient (Wildman–Crippen LogP) is 3.84. The molecule has 1 aliphatic heterocycles. The van der Waals surface area contributed by atoms with E-state index >= 15 is 0 Å². The number of amides is 1. The van der Waals surface area contributed by atoms with Crippen LogP contribution in [-0.4, -0.2) is 28.4 Å². The first kappa shape index (κ1) is 14.3. The topological polar surface area (TPSA) is 36.1 Å². The van der Waals surface area contributed by atoms with Crippen molar-refractivity contribution in [1.29, 1.82) is 0 Å². The van der Waals surface area contributed by atoms with E-state index in [9.17, 15) is 4.79 Å². The quantitative estimate of drug-likeness (QED) is 0.843. The van der Waals surface area contributed by atoms with Crippen LogP contribution >= 0.6 is 23.6 Å². The molecule has 0 unspecified atom stereocenters. The molecule has 110 valence electrons. The summed E-state index contributed by atoms with van der Waals surface area (Å²) in [7, 11) is 0. The van der Waals surface area contributed by atoms with Gasteiger partial charge >= 0.3 is 0 Å². The van der Waals surface area contributed by atoms with Crippen LogP contribution in [0, 0.1) is 16.8 Å². The van der Waals surface area contributed by atoms with Crippen molar-refractivity contribution in [3.05, 3.63) is 14.5 Å². The number of nitrogens with zero attached hydrogens (tertiary/aromatic N) is 1. The number of fused-ring (bicyclic) bond motifs is 1. The molecule has 2 heterocycles. The Labute approximate surface area is 129 Å². The van der Waals surface area contributed by atoms with E-state index in [1.165, 1.54) is 38.5 Å². The molecule has 0 bridgehead atoms. The van der Waals surface area contributed by atoms with E-state index in [-0.39, 0.29) is 0 Å². The summed E-state index contributed by atoms with van der Waals surface area (Å²) in [4.78, 5) is 19.1. The largest absolute Gasteiger partial charge is 0.341 e. The lowest BCUT2D eigenvalue weighted by atomic mass is 9.78. The van der Waals surface area contributed by atoms with Crippen LogP contribution in [-0.2, 0) is 11.2 Å². The van der Waals surface area contributed by atoms with Gasteiger partial charge in [0.1, 0.15) is 0 Å². The summed E-state index contributed by atoms with van der Waals surface area (Å²) in [5.74, 6) is 1.06. The van der Waals surface area contributed by atoms with Crippen molar-refractivity contribution in [3.8, 4) is 0 Å². The third-order valence-corrected chi connectivity index (χ3v) is 6.14. The smallest absolute Gasteiger partial charge is 0.228 e. The minimum Gasteiger partial charge on any atom is -0.341 e. The number of hydrogen-bond donors (Lipinski definition) is 1. The Morgan fingerprint density at radius 1 is 1.35 bits per heavy atom. The van der Waals surface area contributed by atoms with Gasteiger partial charge in [-0.15, -0.1) is 11.3 Å². The molecule has 3 rings (SSSR count). The molecule has 1 aromatic heterocycles. The number of aryl methyl sites for hydroxylation is 1. The van der Waals surface area contributed by atoms with Gasteiger partial charge in [-0.2, -0.15) is 0 Å². The van der Waals surface area contributed by atoms with E-state index in [4.69, 9.17) is 12.2 Å². The van der Waals surface area contributed by atoms with Crippen LogP contribution in [0.1, 0.15) is 49.1 Å². The number of carbonyl (C=O) groups excluding carboxylic acids is 1. The Bertz CT molecular complexity index is 546. The van der Waals surface area contributed by atoms with Crippen molar-refractivity contribution >= 4 is 29.5 Å². The number of nitrogens with one attached hydrogen (secondary N) is 1. The van der Waals surface area contributed by atoms with Gasteiger partial charge in [-0.05, 0) is 50.7 Å². The third kappa shape index (κ3) is 2.84. The van der Waals surface area contributed by atoms with Crippen LogP contribution in [0.3, 0.4) is 0 Å².